The number of ether oxygens (including phenoxy) is 1. The summed E-state index contributed by atoms with van der Waals surface area (Å²) >= 11 is 0. The van der Waals surface area contributed by atoms with Crippen molar-refractivity contribution in [2.45, 2.75) is 26.7 Å². The molecular weight excluding hydrogens is 244 g/mol. The average molecular weight is 264 g/mol. The Labute approximate surface area is 113 Å². The first-order chi connectivity index (χ1) is 9.08. The Kier molecular flexibility index (Phi) is 4.37. The first-order valence-electron chi connectivity index (χ1n) is 6.67. The van der Waals surface area contributed by atoms with Crippen molar-refractivity contribution in [3.05, 3.63) is 33.4 Å². The van der Waals surface area contributed by atoms with Gasteiger partial charge in [0.15, 0.2) is 5.75 Å². The first kappa shape index (κ1) is 13.8. The third-order valence-corrected chi connectivity index (χ3v) is 3.46. The minimum Gasteiger partial charge on any atom is -0.486 e. The number of hydrogen-bond donors (Lipinski definition) is 1. The van der Waals surface area contributed by atoms with E-state index < -0.39 is 0 Å². The molecule has 1 aromatic carbocycles. The van der Waals surface area contributed by atoms with Crippen molar-refractivity contribution in [3.63, 3.8) is 0 Å². The van der Waals surface area contributed by atoms with E-state index in [1.54, 1.807) is 6.07 Å². The Bertz CT molecular complexity index is 468. The largest absolute Gasteiger partial charge is 0.486 e. The van der Waals surface area contributed by atoms with Crippen molar-refractivity contribution in [2.75, 3.05) is 19.7 Å². The number of aryl methyl sites for hydroxylation is 2. The highest BCUT2D eigenvalue weighted by Gasteiger charge is 2.20. The van der Waals surface area contributed by atoms with E-state index in [0.717, 1.165) is 37.1 Å². The first-order valence-corrected chi connectivity index (χ1v) is 6.67. The van der Waals surface area contributed by atoms with Gasteiger partial charge in [-0.2, -0.15) is 0 Å². The van der Waals surface area contributed by atoms with Gasteiger partial charge in [-0.25, -0.2) is 0 Å². The van der Waals surface area contributed by atoms with Crippen LogP contribution in [0, 0.1) is 29.9 Å². The highest BCUT2D eigenvalue weighted by atomic mass is 16.6. The smallest absolute Gasteiger partial charge is 0.311 e. The predicted molar refractivity (Wildman–Crippen MR) is 73.7 cm³/mol. The molecule has 1 heterocycles. The highest BCUT2D eigenvalue weighted by Crippen LogP contribution is 2.32. The summed E-state index contributed by atoms with van der Waals surface area (Å²) in [6.45, 7) is 6.24. The van der Waals surface area contributed by atoms with Gasteiger partial charge >= 0.3 is 5.69 Å². The van der Waals surface area contributed by atoms with Crippen LogP contribution < -0.4 is 10.1 Å². The predicted octanol–water partition coefficient (Wildman–Crippen LogP) is 2.59. The third-order valence-electron chi connectivity index (χ3n) is 3.46. The second-order valence-corrected chi connectivity index (χ2v) is 5.21. The maximum Gasteiger partial charge on any atom is 0.311 e. The lowest BCUT2D eigenvalue weighted by Crippen LogP contribution is -2.33. The van der Waals surface area contributed by atoms with Crippen molar-refractivity contribution >= 4 is 5.69 Å². The average Bonchev–Trinajstić information content (AvgIpc) is 2.38. The van der Waals surface area contributed by atoms with Crippen LogP contribution in [0.4, 0.5) is 5.69 Å². The minimum atomic E-state index is -0.367. The number of nitro groups is 1. The molecule has 0 bridgehead atoms. The van der Waals surface area contributed by atoms with Crippen LogP contribution in [-0.2, 0) is 0 Å². The number of rotatable bonds is 4. The van der Waals surface area contributed by atoms with Crippen LogP contribution in [0.25, 0.3) is 0 Å². The number of nitro benzene ring substituents is 1. The fourth-order valence-corrected chi connectivity index (χ4v) is 2.52. The molecule has 5 heteroatoms. The molecule has 0 spiro atoms. The van der Waals surface area contributed by atoms with Crippen molar-refractivity contribution in [3.8, 4) is 5.75 Å². The van der Waals surface area contributed by atoms with Gasteiger partial charge in [0.1, 0.15) is 0 Å². The van der Waals surface area contributed by atoms with E-state index in [9.17, 15) is 10.1 Å². The van der Waals surface area contributed by atoms with E-state index in [0.29, 0.717) is 18.3 Å². The van der Waals surface area contributed by atoms with E-state index >= 15 is 0 Å². The Balaban J connectivity index is 2.12. The molecule has 1 N–H and O–H groups in total. The Morgan fingerprint density at radius 3 is 2.89 bits per heavy atom. The lowest BCUT2D eigenvalue weighted by atomic mass is 10.0. The zero-order chi connectivity index (χ0) is 13.8. The van der Waals surface area contributed by atoms with Crippen molar-refractivity contribution in [2.24, 2.45) is 5.92 Å². The van der Waals surface area contributed by atoms with Crippen LogP contribution in [0.2, 0.25) is 0 Å². The summed E-state index contributed by atoms with van der Waals surface area (Å²) < 4.78 is 5.74. The van der Waals surface area contributed by atoms with Crippen LogP contribution >= 0.6 is 0 Å². The van der Waals surface area contributed by atoms with Gasteiger partial charge < -0.3 is 10.1 Å². The summed E-state index contributed by atoms with van der Waals surface area (Å²) in [4.78, 5) is 10.7. The van der Waals surface area contributed by atoms with E-state index in [-0.39, 0.29) is 10.6 Å². The van der Waals surface area contributed by atoms with Crippen molar-refractivity contribution in [1.29, 1.82) is 0 Å². The van der Waals surface area contributed by atoms with Gasteiger partial charge in [0.05, 0.1) is 11.5 Å². The summed E-state index contributed by atoms with van der Waals surface area (Å²) in [6, 6.07) is 3.49. The standard InChI is InChI=1S/C14H20N2O3/c1-10-6-11(2)14(13(7-10)16(17)18)19-9-12-4-3-5-15-8-12/h6-7,12,15H,3-5,8-9H2,1-2H3. The van der Waals surface area contributed by atoms with Gasteiger partial charge in [0.2, 0.25) is 0 Å². The molecule has 0 aromatic heterocycles. The maximum atomic E-state index is 11.1. The number of hydrogen-bond acceptors (Lipinski definition) is 4. The minimum absolute atomic E-state index is 0.0706. The molecule has 1 aromatic rings. The zero-order valence-corrected chi connectivity index (χ0v) is 11.4. The molecule has 1 unspecified atom stereocenters. The Morgan fingerprint density at radius 2 is 2.26 bits per heavy atom. The Morgan fingerprint density at radius 1 is 1.47 bits per heavy atom. The molecule has 0 aliphatic carbocycles. The van der Waals surface area contributed by atoms with Gasteiger partial charge in [-0.05, 0) is 44.4 Å². The van der Waals surface area contributed by atoms with E-state index in [1.807, 2.05) is 19.9 Å². The van der Waals surface area contributed by atoms with Gasteiger partial charge in [-0.15, -0.1) is 0 Å². The van der Waals surface area contributed by atoms with Gasteiger partial charge in [-0.1, -0.05) is 6.07 Å². The maximum absolute atomic E-state index is 11.1. The lowest BCUT2D eigenvalue weighted by molar-refractivity contribution is -0.386. The quantitative estimate of drug-likeness (QED) is 0.670. The Hall–Kier alpha value is -1.62. The molecule has 1 aliphatic heterocycles. The molecule has 19 heavy (non-hydrogen) atoms. The molecular formula is C14H20N2O3. The summed E-state index contributed by atoms with van der Waals surface area (Å²) in [5, 5.41) is 14.4. The lowest BCUT2D eigenvalue weighted by Gasteiger charge is -2.23. The molecule has 1 saturated heterocycles. The number of nitrogens with zero attached hydrogens (tertiary/aromatic N) is 1. The third kappa shape index (κ3) is 3.44. The SMILES string of the molecule is Cc1cc(C)c(OCC2CCCNC2)c([N+](=O)[O-])c1. The van der Waals surface area contributed by atoms with Crippen LogP contribution in [0.5, 0.6) is 5.75 Å². The second kappa shape index (κ2) is 6.02. The molecule has 0 amide bonds. The summed E-state index contributed by atoms with van der Waals surface area (Å²) in [5.74, 6) is 0.857. The van der Waals surface area contributed by atoms with Crippen LogP contribution in [0.3, 0.4) is 0 Å². The van der Waals surface area contributed by atoms with E-state index in [1.165, 1.54) is 0 Å². The number of nitrogens with one attached hydrogen (secondary N) is 1. The number of piperidine rings is 1. The zero-order valence-electron chi connectivity index (χ0n) is 11.4. The summed E-state index contributed by atoms with van der Waals surface area (Å²) in [6.07, 6.45) is 2.26. The van der Waals surface area contributed by atoms with Crippen LogP contribution in [0.15, 0.2) is 12.1 Å². The highest BCUT2D eigenvalue weighted by molar-refractivity contribution is 5.53. The van der Waals surface area contributed by atoms with Gasteiger partial charge in [0, 0.05) is 18.5 Å². The van der Waals surface area contributed by atoms with E-state index in [4.69, 9.17) is 4.74 Å². The number of benzene rings is 1. The monoisotopic (exact) mass is 264 g/mol. The fraction of sp³-hybridized carbons (Fsp3) is 0.571. The molecule has 5 nitrogen and oxygen atoms in total. The van der Waals surface area contributed by atoms with Crippen molar-refractivity contribution < 1.29 is 9.66 Å². The molecule has 1 fully saturated rings. The van der Waals surface area contributed by atoms with Gasteiger partial charge in [0.25, 0.3) is 0 Å². The van der Waals surface area contributed by atoms with Gasteiger partial charge in [-0.3, -0.25) is 10.1 Å². The molecule has 0 saturated carbocycles. The van der Waals surface area contributed by atoms with Crippen LogP contribution in [-0.4, -0.2) is 24.6 Å². The molecule has 0 radical (unpaired) electrons. The molecule has 1 aliphatic rings. The summed E-state index contributed by atoms with van der Waals surface area (Å²) in [5.41, 5.74) is 1.78. The second-order valence-electron chi connectivity index (χ2n) is 5.21. The normalized spacial score (nSPS) is 19.2. The van der Waals surface area contributed by atoms with Crippen molar-refractivity contribution in [1.82, 2.24) is 5.32 Å². The molecule has 2 rings (SSSR count). The molecule has 104 valence electrons. The topological polar surface area (TPSA) is 64.4 Å². The fourth-order valence-electron chi connectivity index (χ4n) is 2.52. The molecule has 1 atom stereocenters. The summed E-state index contributed by atoms with van der Waals surface area (Å²) in [7, 11) is 0. The van der Waals surface area contributed by atoms with Crippen LogP contribution in [0.1, 0.15) is 24.0 Å². The van der Waals surface area contributed by atoms with E-state index in [2.05, 4.69) is 5.32 Å².